The van der Waals surface area contributed by atoms with E-state index in [1.54, 1.807) is 23.0 Å². The molecule has 0 aromatic carbocycles. The number of carbonyl (C=O) groups is 1. The molecule has 0 saturated carbocycles. The van der Waals surface area contributed by atoms with Crippen molar-refractivity contribution in [2.75, 3.05) is 38.2 Å². The van der Waals surface area contributed by atoms with Gasteiger partial charge >= 0.3 is 5.97 Å². The first-order valence-electron chi connectivity index (χ1n) is 8.53. The van der Waals surface area contributed by atoms with Crippen LogP contribution in [0.5, 0.6) is 0 Å². The molecule has 0 radical (unpaired) electrons. The SMILES string of the molecule is COC(=O)c1sccc1S(=O)(=O)N1CCN(c2ncnc3c(C)csc23)CC1. The maximum atomic E-state index is 13.0. The van der Waals surface area contributed by atoms with Gasteiger partial charge in [0.25, 0.3) is 0 Å². The van der Waals surface area contributed by atoms with Crippen molar-refractivity contribution in [2.24, 2.45) is 0 Å². The van der Waals surface area contributed by atoms with Gasteiger partial charge in [-0.3, -0.25) is 0 Å². The first kappa shape index (κ1) is 19.2. The van der Waals surface area contributed by atoms with E-state index in [-0.39, 0.29) is 9.77 Å². The van der Waals surface area contributed by atoms with E-state index in [0.717, 1.165) is 32.9 Å². The van der Waals surface area contributed by atoms with Gasteiger partial charge in [0.15, 0.2) is 0 Å². The Morgan fingerprint density at radius 1 is 1.18 bits per heavy atom. The maximum Gasteiger partial charge on any atom is 0.349 e. The van der Waals surface area contributed by atoms with Gasteiger partial charge in [0, 0.05) is 26.2 Å². The van der Waals surface area contributed by atoms with Crippen molar-refractivity contribution >= 4 is 54.7 Å². The molecule has 11 heteroatoms. The van der Waals surface area contributed by atoms with E-state index in [1.165, 1.54) is 17.5 Å². The lowest BCUT2D eigenvalue weighted by atomic mass is 10.3. The molecule has 3 aromatic heterocycles. The van der Waals surface area contributed by atoms with Gasteiger partial charge in [0.2, 0.25) is 10.0 Å². The molecule has 4 rings (SSSR count). The average molecular weight is 439 g/mol. The molecule has 3 aromatic rings. The molecule has 1 fully saturated rings. The molecule has 0 bridgehead atoms. The third-order valence-corrected chi connectivity index (χ3v) is 8.72. The van der Waals surface area contributed by atoms with Crippen LogP contribution < -0.4 is 4.90 Å². The minimum absolute atomic E-state index is 0.0103. The summed E-state index contributed by atoms with van der Waals surface area (Å²) in [4.78, 5) is 22.8. The fourth-order valence-electron chi connectivity index (χ4n) is 3.20. The maximum absolute atomic E-state index is 13.0. The van der Waals surface area contributed by atoms with Crippen LogP contribution in [0.3, 0.4) is 0 Å². The lowest BCUT2D eigenvalue weighted by molar-refractivity contribution is 0.0602. The quantitative estimate of drug-likeness (QED) is 0.577. The number of hydrogen-bond acceptors (Lipinski definition) is 9. The number of rotatable bonds is 4. The summed E-state index contributed by atoms with van der Waals surface area (Å²) in [6, 6.07) is 1.46. The molecule has 0 aliphatic carbocycles. The normalized spacial score (nSPS) is 15.9. The Bertz CT molecular complexity index is 1130. The van der Waals surface area contributed by atoms with E-state index >= 15 is 0 Å². The Labute approximate surface area is 170 Å². The first-order valence-corrected chi connectivity index (χ1v) is 11.7. The standard InChI is InChI=1S/C17H18N4O4S3/c1-11-9-27-15-13(11)18-10-19-16(15)20-4-6-21(7-5-20)28(23,24)12-3-8-26-14(12)17(22)25-2/h3,8-10H,4-7H2,1-2H3. The molecule has 0 unspecified atom stereocenters. The van der Waals surface area contributed by atoms with Crippen LogP contribution in [0.2, 0.25) is 0 Å². The summed E-state index contributed by atoms with van der Waals surface area (Å²) in [6.07, 6.45) is 1.55. The number of anilines is 1. The highest BCUT2D eigenvalue weighted by atomic mass is 32.2. The number of ether oxygens (including phenoxy) is 1. The molecule has 1 saturated heterocycles. The topological polar surface area (TPSA) is 92.7 Å². The summed E-state index contributed by atoms with van der Waals surface area (Å²) in [5.74, 6) is 0.203. The molecule has 0 atom stereocenters. The Balaban J connectivity index is 1.55. The minimum Gasteiger partial charge on any atom is -0.465 e. The van der Waals surface area contributed by atoms with Crippen LogP contribution in [-0.4, -0.2) is 61.9 Å². The van der Waals surface area contributed by atoms with Crippen LogP contribution in [0, 0.1) is 6.92 Å². The lowest BCUT2D eigenvalue weighted by Crippen LogP contribution is -2.49. The number of piperazine rings is 1. The minimum atomic E-state index is -3.76. The van der Waals surface area contributed by atoms with Crippen LogP contribution in [0.4, 0.5) is 5.82 Å². The number of aryl methyl sites for hydroxylation is 1. The number of carbonyl (C=O) groups excluding carboxylic acids is 1. The first-order chi connectivity index (χ1) is 13.4. The van der Waals surface area contributed by atoms with E-state index < -0.39 is 16.0 Å². The second-order valence-corrected chi connectivity index (χ2v) is 9.99. The number of hydrogen-bond donors (Lipinski definition) is 0. The van der Waals surface area contributed by atoms with Crippen molar-refractivity contribution in [3.05, 3.63) is 33.6 Å². The molecule has 1 aliphatic heterocycles. The summed E-state index contributed by atoms with van der Waals surface area (Å²) >= 11 is 2.67. The Morgan fingerprint density at radius 2 is 1.93 bits per heavy atom. The zero-order chi connectivity index (χ0) is 19.9. The molecular weight excluding hydrogens is 420 g/mol. The molecular formula is C17H18N4O4S3. The average Bonchev–Trinajstić information content (AvgIpc) is 3.35. The molecule has 0 N–H and O–H groups in total. The van der Waals surface area contributed by atoms with Crippen molar-refractivity contribution in [1.29, 1.82) is 0 Å². The third kappa shape index (κ3) is 3.17. The second-order valence-electron chi connectivity index (χ2n) is 6.29. The summed E-state index contributed by atoms with van der Waals surface area (Å²) < 4.78 is 33.2. The third-order valence-electron chi connectivity index (χ3n) is 4.67. The largest absolute Gasteiger partial charge is 0.465 e. The fourth-order valence-corrected chi connectivity index (χ4v) is 6.95. The number of thiophene rings is 2. The predicted molar refractivity (Wildman–Crippen MR) is 109 cm³/mol. The Morgan fingerprint density at radius 3 is 2.64 bits per heavy atom. The second kappa shape index (κ2) is 7.39. The van der Waals surface area contributed by atoms with Crippen LogP contribution in [0.15, 0.2) is 28.0 Å². The predicted octanol–water partition coefficient (Wildman–Crippen LogP) is 2.36. The number of aromatic nitrogens is 2. The highest BCUT2D eigenvalue weighted by Gasteiger charge is 2.33. The van der Waals surface area contributed by atoms with E-state index in [1.807, 2.05) is 6.92 Å². The molecule has 0 spiro atoms. The van der Waals surface area contributed by atoms with Gasteiger partial charge < -0.3 is 9.64 Å². The van der Waals surface area contributed by atoms with Gasteiger partial charge in [0.1, 0.15) is 21.9 Å². The molecule has 1 aliphatic rings. The van der Waals surface area contributed by atoms with E-state index in [9.17, 15) is 13.2 Å². The number of sulfonamides is 1. The molecule has 8 nitrogen and oxygen atoms in total. The zero-order valence-electron chi connectivity index (χ0n) is 15.3. The molecule has 0 amide bonds. The summed E-state index contributed by atoms with van der Waals surface area (Å²) in [5.41, 5.74) is 2.05. The Kier molecular flexibility index (Phi) is 5.08. The number of esters is 1. The van der Waals surface area contributed by atoms with Crippen molar-refractivity contribution < 1.29 is 17.9 Å². The number of nitrogens with zero attached hydrogens (tertiary/aromatic N) is 4. The van der Waals surface area contributed by atoms with Gasteiger partial charge in [-0.15, -0.1) is 22.7 Å². The Hall–Kier alpha value is -2.08. The van der Waals surface area contributed by atoms with Crippen LogP contribution in [0.25, 0.3) is 10.2 Å². The summed E-state index contributed by atoms with van der Waals surface area (Å²) in [7, 11) is -2.52. The molecule has 148 valence electrons. The van der Waals surface area contributed by atoms with Gasteiger partial charge in [0.05, 0.1) is 17.3 Å². The van der Waals surface area contributed by atoms with Gasteiger partial charge in [-0.25, -0.2) is 23.2 Å². The van der Waals surface area contributed by atoms with Crippen molar-refractivity contribution in [3.63, 3.8) is 0 Å². The van der Waals surface area contributed by atoms with Gasteiger partial charge in [-0.2, -0.15) is 4.31 Å². The van der Waals surface area contributed by atoms with Crippen molar-refractivity contribution in [2.45, 2.75) is 11.8 Å². The van der Waals surface area contributed by atoms with Gasteiger partial charge in [-0.05, 0) is 29.3 Å². The summed E-state index contributed by atoms with van der Waals surface area (Å²) in [5, 5.41) is 3.64. The van der Waals surface area contributed by atoms with E-state index in [4.69, 9.17) is 4.74 Å². The zero-order valence-corrected chi connectivity index (χ0v) is 17.7. The molecule has 28 heavy (non-hydrogen) atoms. The highest BCUT2D eigenvalue weighted by molar-refractivity contribution is 7.89. The van der Waals surface area contributed by atoms with Crippen LogP contribution in [0.1, 0.15) is 15.2 Å². The van der Waals surface area contributed by atoms with E-state index in [0.29, 0.717) is 26.2 Å². The number of methoxy groups -OCH3 is 1. The van der Waals surface area contributed by atoms with E-state index in [2.05, 4.69) is 20.2 Å². The highest BCUT2D eigenvalue weighted by Crippen LogP contribution is 2.32. The monoisotopic (exact) mass is 438 g/mol. The van der Waals surface area contributed by atoms with Crippen LogP contribution in [-0.2, 0) is 14.8 Å². The van der Waals surface area contributed by atoms with Crippen molar-refractivity contribution in [3.8, 4) is 0 Å². The van der Waals surface area contributed by atoms with Crippen molar-refractivity contribution in [1.82, 2.24) is 14.3 Å². The smallest absolute Gasteiger partial charge is 0.349 e. The fraction of sp³-hybridized carbons (Fsp3) is 0.353. The summed E-state index contributed by atoms with van der Waals surface area (Å²) in [6.45, 7) is 3.67. The van der Waals surface area contributed by atoms with Crippen LogP contribution >= 0.6 is 22.7 Å². The lowest BCUT2D eigenvalue weighted by Gasteiger charge is -2.34. The number of fused-ring (bicyclic) bond motifs is 1. The molecule has 4 heterocycles. The van der Waals surface area contributed by atoms with Gasteiger partial charge in [-0.1, -0.05) is 0 Å².